The Morgan fingerprint density at radius 3 is 2.81 bits per heavy atom. The van der Waals surface area contributed by atoms with Crippen molar-refractivity contribution >= 4 is 17.6 Å². The molecule has 6 rings (SSSR count). The number of rotatable bonds is 8. The second-order valence-corrected chi connectivity index (χ2v) is 10.1. The first kappa shape index (κ1) is 20.5. The summed E-state index contributed by atoms with van der Waals surface area (Å²) in [5.74, 6) is 3.82. The molecule has 31 heavy (non-hydrogen) atoms. The highest BCUT2D eigenvalue weighted by Gasteiger charge is 2.62. The summed E-state index contributed by atoms with van der Waals surface area (Å²) in [5.41, 5.74) is 0.463. The maximum Gasteiger partial charge on any atom is 0.228 e. The second-order valence-electron chi connectivity index (χ2n) is 10.1. The van der Waals surface area contributed by atoms with E-state index in [1.165, 1.54) is 6.42 Å². The van der Waals surface area contributed by atoms with E-state index in [0.717, 1.165) is 31.5 Å². The number of hydrogen-bond acceptors (Lipinski definition) is 8. The number of aromatic amines is 1. The lowest BCUT2D eigenvalue weighted by Crippen LogP contribution is -2.37. The van der Waals surface area contributed by atoms with E-state index in [-0.39, 0.29) is 18.1 Å². The highest BCUT2D eigenvalue weighted by atomic mass is 16.5. The van der Waals surface area contributed by atoms with Crippen molar-refractivity contribution in [1.82, 2.24) is 25.1 Å². The molecule has 2 heterocycles. The predicted octanol–water partition coefficient (Wildman–Crippen LogP) is 2.54. The van der Waals surface area contributed by atoms with Crippen molar-refractivity contribution in [2.75, 3.05) is 31.3 Å². The summed E-state index contributed by atoms with van der Waals surface area (Å²) in [6.07, 6.45) is 4.10. The number of likely N-dealkylation sites (N-methyl/N-ethyl adjacent to an activating group) is 1. The standard InChI is InChI=1S/C22H33N7O2/c1-12-5-18(28-27-12)23-17-8-19(31-13(2)11-29(3)4)25-21(24-17)26-20-15-6-14-7-16(20)22(30,9-14)10-15/h5,8,13-16,20,30H,6-7,9-11H2,1-4H3,(H3,23,24,25,26,27,28). The number of aromatic nitrogens is 4. The third kappa shape index (κ3) is 4.08. The van der Waals surface area contributed by atoms with Crippen LogP contribution in [0.3, 0.4) is 0 Å². The van der Waals surface area contributed by atoms with E-state index in [2.05, 4.69) is 30.7 Å². The van der Waals surface area contributed by atoms with Crippen LogP contribution in [0.2, 0.25) is 0 Å². The van der Waals surface area contributed by atoms with Crippen molar-refractivity contribution in [1.29, 1.82) is 0 Å². The Morgan fingerprint density at radius 2 is 2.10 bits per heavy atom. The van der Waals surface area contributed by atoms with Gasteiger partial charge in [0.2, 0.25) is 11.8 Å². The summed E-state index contributed by atoms with van der Waals surface area (Å²) in [7, 11) is 4.04. The fourth-order valence-electron chi connectivity index (χ4n) is 6.13. The van der Waals surface area contributed by atoms with Gasteiger partial charge in [-0.3, -0.25) is 5.10 Å². The van der Waals surface area contributed by atoms with Gasteiger partial charge in [0.15, 0.2) is 5.82 Å². The molecule has 2 aromatic heterocycles. The van der Waals surface area contributed by atoms with Crippen molar-refractivity contribution in [3.05, 3.63) is 17.8 Å². The Balaban J connectivity index is 1.39. The summed E-state index contributed by atoms with van der Waals surface area (Å²) in [6, 6.07) is 3.94. The first-order valence-corrected chi connectivity index (χ1v) is 11.3. The van der Waals surface area contributed by atoms with Crippen LogP contribution in [-0.2, 0) is 0 Å². The van der Waals surface area contributed by atoms with Crippen molar-refractivity contribution < 1.29 is 9.84 Å². The van der Waals surface area contributed by atoms with E-state index in [9.17, 15) is 5.11 Å². The largest absolute Gasteiger partial charge is 0.473 e. The maximum atomic E-state index is 11.1. The Morgan fingerprint density at radius 1 is 1.26 bits per heavy atom. The van der Waals surface area contributed by atoms with E-state index in [1.54, 1.807) is 6.07 Å². The molecule has 2 aromatic rings. The maximum absolute atomic E-state index is 11.1. The molecule has 6 unspecified atom stereocenters. The Labute approximate surface area is 183 Å². The molecule has 9 nitrogen and oxygen atoms in total. The minimum Gasteiger partial charge on any atom is -0.473 e. The average molecular weight is 428 g/mol. The third-order valence-electron chi connectivity index (χ3n) is 7.02. The van der Waals surface area contributed by atoms with Gasteiger partial charge in [-0.25, -0.2) is 0 Å². The SMILES string of the molecule is Cc1cc(Nc2cc(OC(C)CN(C)C)nc(NC3C4CC5CC3C(O)(C5)C4)n2)n[nH]1. The fourth-order valence-corrected chi connectivity index (χ4v) is 6.13. The molecule has 4 saturated carbocycles. The molecule has 6 atom stereocenters. The van der Waals surface area contributed by atoms with Crippen molar-refractivity contribution in [2.45, 2.75) is 57.3 Å². The first-order chi connectivity index (χ1) is 14.8. The van der Waals surface area contributed by atoms with E-state index < -0.39 is 5.60 Å². The van der Waals surface area contributed by atoms with Gasteiger partial charge in [0.1, 0.15) is 11.9 Å². The number of ether oxygens (including phenoxy) is 1. The number of nitrogens with one attached hydrogen (secondary N) is 3. The normalized spacial score (nSPS) is 31.9. The highest BCUT2D eigenvalue weighted by Crippen LogP contribution is 2.60. The van der Waals surface area contributed by atoms with Crippen LogP contribution in [0.25, 0.3) is 0 Å². The van der Waals surface area contributed by atoms with E-state index >= 15 is 0 Å². The van der Waals surface area contributed by atoms with Gasteiger partial charge in [0, 0.05) is 36.3 Å². The van der Waals surface area contributed by atoms with Crippen LogP contribution in [0.5, 0.6) is 5.88 Å². The predicted molar refractivity (Wildman–Crippen MR) is 119 cm³/mol. The zero-order valence-corrected chi connectivity index (χ0v) is 18.7. The Kier molecular flexibility index (Phi) is 5.05. The minimum atomic E-state index is -0.507. The Hall–Kier alpha value is -2.39. The summed E-state index contributed by atoms with van der Waals surface area (Å²) < 4.78 is 6.11. The number of nitrogens with zero attached hydrogens (tertiary/aromatic N) is 4. The van der Waals surface area contributed by atoms with Gasteiger partial charge in [0.05, 0.1) is 5.60 Å². The lowest BCUT2D eigenvalue weighted by Gasteiger charge is -2.32. The topological polar surface area (TPSA) is 111 Å². The summed E-state index contributed by atoms with van der Waals surface area (Å²) >= 11 is 0. The van der Waals surface area contributed by atoms with Crippen LogP contribution in [0.15, 0.2) is 12.1 Å². The van der Waals surface area contributed by atoms with E-state index in [0.29, 0.717) is 35.3 Å². The fraction of sp³-hybridized carbons (Fsp3) is 0.682. The molecule has 0 radical (unpaired) electrons. The smallest absolute Gasteiger partial charge is 0.228 e. The van der Waals surface area contributed by atoms with Crippen LogP contribution in [0.4, 0.5) is 17.6 Å². The number of anilines is 3. The molecular formula is C22H33N7O2. The lowest BCUT2D eigenvalue weighted by atomic mass is 9.79. The second kappa shape index (κ2) is 7.63. The van der Waals surface area contributed by atoms with Gasteiger partial charge in [-0.15, -0.1) is 0 Å². The van der Waals surface area contributed by atoms with Crippen LogP contribution in [0.1, 0.15) is 38.3 Å². The van der Waals surface area contributed by atoms with Crippen molar-refractivity contribution in [3.8, 4) is 5.88 Å². The molecule has 0 aromatic carbocycles. The summed E-state index contributed by atoms with van der Waals surface area (Å²) in [5, 5.41) is 25.1. The molecule has 0 saturated heterocycles. The molecule has 0 aliphatic heterocycles. The van der Waals surface area contributed by atoms with Gasteiger partial charge in [-0.1, -0.05) is 0 Å². The van der Waals surface area contributed by atoms with Crippen LogP contribution in [-0.4, -0.2) is 68.6 Å². The number of aliphatic hydroxyl groups is 1. The lowest BCUT2D eigenvalue weighted by molar-refractivity contribution is 0.00988. The van der Waals surface area contributed by atoms with Crippen LogP contribution < -0.4 is 15.4 Å². The zero-order valence-electron chi connectivity index (χ0n) is 18.7. The van der Waals surface area contributed by atoms with Crippen molar-refractivity contribution in [3.63, 3.8) is 0 Å². The molecule has 4 N–H and O–H groups in total. The van der Waals surface area contributed by atoms with Gasteiger partial charge in [0.25, 0.3) is 0 Å². The number of aryl methyl sites for hydroxylation is 1. The van der Waals surface area contributed by atoms with Gasteiger partial charge in [-0.05, 0) is 65.5 Å². The van der Waals surface area contributed by atoms with Gasteiger partial charge < -0.3 is 25.4 Å². The molecule has 168 valence electrons. The molecule has 4 fully saturated rings. The molecule has 4 aliphatic rings. The van der Waals surface area contributed by atoms with E-state index in [4.69, 9.17) is 9.72 Å². The molecule has 4 bridgehead atoms. The monoisotopic (exact) mass is 427 g/mol. The molecule has 9 heteroatoms. The van der Waals surface area contributed by atoms with E-state index in [1.807, 2.05) is 34.0 Å². The summed E-state index contributed by atoms with van der Waals surface area (Å²) in [6.45, 7) is 4.77. The number of H-pyrrole nitrogens is 1. The molecule has 4 aliphatic carbocycles. The summed E-state index contributed by atoms with van der Waals surface area (Å²) in [4.78, 5) is 11.5. The minimum absolute atomic E-state index is 0.0166. The first-order valence-electron chi connectivity index (χ1n) is 11.3. The molecular weight excluding hydrogens is 394 g/mol. The van der Waals surface area contributed by atoms with Crippen molar-refractivity contribution in [2.24, 2.45) is 17.8 Å². The van der Waals surface area contributed by atoms with Crippen LogP contribution >= 0.6 is 0 Å². The quantitative estimate of drug-likeness (QED) is 0.509. The number of hydrogen-bond donors (Lipinski definition) is 4. The zero-order chi connectivity index (χ0) is 21.8. The third-order valence-corrected chi connectivity index (χ3v) is 7.02. The Bertz CT molecular complexity index is 948. The molecule has 0 spiro atoms. The molecule has 0 amide bonds. The van der Waals surface area contributed by atoms with Crippen LogP contribution in [0, 0.1) is 24.7 Å². The average Bonchev–Trinajstić information content (AvgIpc) is 3.22. The highest BCUT2D eigenvalue weighted by molar-refractivity contribution is 5.55. The van der Waals surface area contributed by atoms with Gasteiger partial charge in [-0.2, -0.15) is 15.1 Å². The van der Waals surface area contributed by atoms with Gasteiger partial charge >= 0.3 is 0 Å².